The molecule has 0 spiro atoms. The molecule has 0 radical (unpaired) electrons. The Kier molecular flexibility index (Phi) is 7.54. The summed E-state index contributed by atoms with van der Waals surface area (Å²) in [7, 11) is 0. The number of nitrogens with zero attached hydrogens (tertiary/aromatic N) is 5. The summed E-state index contributed by atoms with van der Waals surface area (Å²) in [6.07, 6.45) is 5.66. The van der Waals surface area contributed by atoms with E-state index in [1.54, 1.807) is 22.3 Å². The van der Waals surface area contributed by atoms with Gasteiger partial charge in [0.15, 0.2) is 5.76 Å². The van der Waals surface area contributed by atoms with Gasteiger partial charge >= 0.3 is 0 Å². The predicted molar refractivity (Wildman–Crippen MR) is 124 cm³/mol. The van der Waals surface area contributed by atoms with Crippen LogP contribution < -0.4 is 5.32 Å². The minimum absolute atomic E-state index is 0.0769. The highest BCUT2D eigenvalue weighted by Crippen LogP contribution is 2.21. The normalized spacial score (nSPS) is 15.0. The Morgan fingerprint density at radius 2 is 2.12 bits per heavy atom. The zero-order valence-corrected chi connectivity index (χ0v) is 19.9. The van der Waals surface area contributed by atoms with Crippen LogP contribution in [0, 0.1) is 6.92 Å². The average molecular weight is 471 g/mol. The van der Waals surface area contributed by atoms with Gasteiger partial charge in [-0.25, -0.2) is 0 Å². The summed E-state index contributed by atoms with van der Waals surface area (Å²) in [5, 5.41) is 17.5. The molecule has 1 N–H and O–H groups in total. The number of thiophene rings is 1. The lowest BCUT2D eigenvalue weighted by atomic mass is 10.1. The van der Waals surface area contributed by atoms with Gasteiger partial charge in [-0.05, 0) is 55.0 Å². The summed E-state index contributed by atoms with van der Waals surface area (Å²) in [5.41, 5.74) is 0. The van der Waals surface area contributed by atoms with Crippen LogP contribution in [0.3, 0.4) is 0 Å². The molecule has 3 heterocycles. The second-order valence-corrected chi connectivity index (χ2v) is 9.48. The summed E-state index contributed by atoms with van der Waals surface area (Å²) in [4.78, 5) is 30.6. The number of aryl methyl sites for hydroxylation is 1. The fourth-order valence-corrected chi connectivity index (χ4v) is 4.89. The van der Waals surface area contributed by atoms with Crippen molar-refractivity contribution >= 4 is 23.2 Å². The van der Waals surface area contributed by atoms with Crippen LogP contribution in [0.2, 0.25) is 0 Å². The highest BCUT2D eigenvalue weighted by molar-refractivity contribution is 7.09. The minimum Gasteiger partial charge on any atom is -0.458 e. The number of carbonyl (C=O) groups excluding carboxylic acids is 2. The van der Waals surface area contributed by atoms with Crippen molar-refractivity contribution in [2.45, 2.75) is 77.5 Å². The average Bonchev–Trinajstić information content (AvgIpc) is 3.58. The molecule has 3 aromatic heterocycles. The second-order valence-electron chi connectivity index (χ2n) is 8.45. The SMILES string of the molecule is CCCC(C(=O)NC1CCCC1)N(Cc1cccs1)C(=O)Cn1nnc(-c2ccc(C)o2)n1. The maximum atomic E-state index is 13.4. The Morgan fingerprint density at radius 3 is 2.79 bits per heavy atom. The molecule has 4 rings (SSSR count). The van der Waals surface area contributed by atoms with Crippen LogP contribution in [-0.4, -0.2) is 49.0 Å². The summed E-state index contributed by atoms with van der Waals surface area (Å²) in [6.45, 7) is 4.14. The number of furan rings is 1. The van der Waals surface area contributed by atoms with Gasteiger partial charge in [-0.1, -0.05) is 32.3 Å². The van der Waals surface area contributed by atoms with Crippen molar-refractivity contribution in [1.29, 1.82) is 0 Å². The van der Waals surface area contributed by atoms with Gasteiger partial charge in [0.25, 0.3) is 0 Å². The first-order valence-corrected chi connectivity index (χ1v) is 12.4. The highest BCUT2D eigenvalue weighted by Gasteiger charge is 2.32. The molecular weight excluding hydrogens is 440 g/mol. The fourth-order valence-electron chi connectivity index (χ4n) is 4.19. The van der Waals surface area contributed by atoms with E-state index in [1.165, 1.54) is 4.80 Å². The Bertz CT molecular complexity index is 1050. The third-order valence-electron chi connectivity index (χ3n) is 5.86. The van der Waals surface area contributed by atoms with Crippen LogP contribution in [0.15, 0.2) is 34.1 Å². The molecule has 2 amide bonds. The number of nitrogens with one attached hydrogen (secondary N) is 1. The molecule has 9 nitrogen and oxygen atoms in total. The molecule has 0 bridgehead atoms. The molecule has 1 aliphatic carbocycles. The van der Waals surface area contributed by atoms with Crippen molar-refractivity contribution in [2.24, 2.45) is 0 Å². The van der Waals surface area contributed by atoms with Crippen molar-refractivity contribution in [2.75, 3.05) is 0 Å². The molecule has 1 atom stereocenters. The van der Waals surface area contributed by atoms with Gasteiger partial charge in [-0.3, -0.25) is 9.59 Å². The highest BCUT2D eigenvalue weighted by atomic mass is 32.1. The fraction of sp³-hybridized carbons (Fsp3) is 0.522. The van der Waals surface area contributed by atoms with E-state index in [1.807, 2.05) is 37.4 Å². The second kappa shape index (κ2) is 10.7. The van der Waals surface area contributed by atoms with Gasteiger partial charge in [-0.2, -0.15) is 4.80 Å². The van der Waals surface area contributed by atoms with E-state index in [-0.39, 0.29) is 24.4 Å². The lowest BCUT2D eigenvalue weighted by Gasteiger charge is -2.31. The van der Waals surface area contributed by atoms with Gasteiger partial charge in [0.2, 0.25) is 17.6 Å². The van der Waals surface area contributed by atoms with E-state index >= 15 is 0 Å². The van der Waals surface area contributed by atoms with Gasteiger partial charge in [0.05, 0.1) is 6.54 Å². The Balaban J connectivity index is 1.52. The summed E-state index contributed by atoms with van der Waals surface area (Å²) < 4.78 is 5.55. The van der Waals surface area contributed by atoms with E-state index < -0.39 is 6.04 Å². The van der Waals surface area contributed by atoms with Crippen LogP contribution in [0.4, 0.5) is 0 Å². The molecule has 0 aliphatic heterocycles. The molecular formula is C23H30N6O3S. The molecule has 33 heavy (non-hydrogen) atoms. The van der Waals surface area contributed by atoms with E-state index in [9.17, 15) is 9.59 Å². The monoisotopic (exact) mass is 470 g/mol. The molecule has 1 aliphatic rings. The Morgan fingerprint density at radius 1 is 1.30 bits per heavy atom. The van der Waals surface area contributed by atoms with Crippen LogP contribution in [0.1, 0.15) is 56.1 Å². The van der Waals surface area contributed by atoms with Crippen molar-refractivity contribution < 1.29 is 14.0 Å². The minimum atomic E-state index is -0.541. The van der Waals surface area contributed by atoms with Gasteiger partial charge in [0.1, 0.15) is 18.3 Å². The van der Waals surface area contributed by atoms with Crippen LogP contribution in [0.5, 0.6) is 0 Å². The van der Waals surface area contributed by atoms with Crippen molar-refractivity contribution in [1.82, 2.24) is 30.4 Å². The van der Waals surface area contributed by atoms with Gasteiger partial charge in [0, 0.05) is 10.9 Å². The van der Waals surface area contributed by atoms with Crippen LogP contribution in [0.25, 0.3) is 11.6 Å². The maximum absolute atomic E-state index is 13.4. The molecule has 10 heteroatoms. The molecule has 176 valence electrons. The summed E-state index contributed by atoms with van der Waals surface area (Å²) in [6, 6.07) is 7.18. The van der Waals surface area contributed by atoms with Crippen LogP contribution in [-0.2, 0) is 22.7 Å². The van der Waals surface area contributed by atoms with Crippen molar-refractivity contribution in [3.63, 3.8) is 0 Å². The third kappa shape index (κ3) is 5.87. The van der Waals surface area contributed by atoms with Crippen LogP contribution >= 0.6 is 11.3 Å². The Labute approximate surface area is 197 Å². The molecule has 1 unspecified atom stereocenters. The van der Waals surface area contributed by atoms with Crippen molar-refractivity contribution in [3.05, 3.63) is 40.3 Å². The zero-order valence-electron chi connectivity index (χ0n) is 19.1. The maximum Gasteiger partial charge on any atom is 0.247 e. The van der Waals surface area contributed by atoms with E-state index in [4.69, 9.17) is 4.42 Å². The Hall–Kier alpha value is -3.01. The van der Waals surface area contributed by atoms with Gasteiger partial charge in [-0.15, -0.1) is 21.5 Å². The predicted octanol–water partition coefficient (Wildman–Crippen LogP) is 3.56. The molecule has 0 aromatic carbocycles. The number of hydrogen-bond donors (Lipinski definition) is 1. The zero-order chi connectivity index (χ0) is 23.2. The number of aromatic nitrogens is 4. The number of carbonyl (C=O) groups is 2. The number of hydrogen-bond acceptors (Lipinski definition) is 7. The topological polar surface area (TPSA) is 106 Å². The molecule has 1 fully saturated rings. The standard InChI is InChI=1S/C23H30N6O3S/c1-3-7-19(23(31)24-17-8-4-5-9-17)28(14-18-10-6-13-33-18)21(30)15-29-26-22(25-27-29)20-12-11-16(2)32-20/h6,10-13,17,19H,3-5,7-9,14-15H2,1-2H3,(H,24,31). The van der Waals surface area contributed by atoms with E-state index in [2.05, 4.69) is 20.7 Å². The smallest absolute Gasteiger partial charge is 0.247 e. The number of amides is 2. The van der Waals surface area contributed by atoms with E-state index in [0.29, 0.717) is 24.6 Å². The lowest BCUT2D eigenvalue weighted by molar-refractivity contribution is -0.142. The first-order valence-electron chi connectivity index (χ1n) is 11.5. The summed E-state index contributed by atoms with van der Waals surface area (Å²) >= 11 is 1.57. The van der Waals surface area contributed by atoms with Crippen molar-refractivity contribution in [3.8, 4) is 11.6 Å². The number of tetrazole rings is 1. The molecule has 1 saturated carbocycles. The first kappa shape index (κ1) is 23.2. The summed E-state index contributed by atoms with van der Waals surface area (Å²) in [5.74, 6) is 1.27. The van der Waals surface area contributed by atoms with Gasteiger partial charge < -0.3 is 14.6 Å². The quantitative estimate of drug-likeness (QED) is 0.486. The molecule has 3 aromatic rings. The molecule has 0 saturated heterocycles. The largest absolute Gasteiger partial charge is 0.458 e. The van der Waals surface area contributed by atoms with E-state index in [0.717, 1.165) is 42.7 Å². The first-order chi connectivity index (χ1) is 16.0. The number of rotatable bonds is 10. The third-order valence-corrected chi connectivity index (χ3v) is 6.72. The lowest BCUT2D eigenvalue weighted by Crippen LogP contribution is -2.51.